The molecule has 0 saturated carbocycles. The zero-order valence-electron chi connectivity index (χ0n) is 20.6. The van der Waals surface area contributed by atoms with Gasteiger partial charge in [-0.05, 0) is 23.3 Å². The number of hydrogen-bond donors (Lipinski definition) is 1. The zero-order chi connectivity index (χ0) is 26.6. The fraction of sp³-hybridized carbons (Fsp3) is 0.296. The summed E-state index contributed by atoms with van der Waals surface area (Å²) in [5.41, 5.74) is 1.92. The lowest BCUT2D eigenvalue weighted by molar-refractivity contribution is -0.137. The Morgan fingerprint density at radius 2 is 1.70 bits per heavy atom. The SMILES string of the molecule is CNC(=O)C(c1ccccc1)N1CCc2nc(OC)c(OC)nc2C1C=Cc1ccc(C(F)(F)F)cc1. The minimum Gasteiger partial charge on any atom is -0.477 e. The topological polar surface area (TPSA) is 76.6 Å². The molecule has 2 atom stereocenters. The maximum atomic E-state index is 13.1. The van der Waals surface area contributed by atoms with E-state index in [1.54, 1.807) is 13.1 Å². The number of hydrogen-bond acceptors (Lipinski definition) is 6. The van der Waals surface area contributed by atoms with Gasteiger partial charge in [0.15, 0.2) is 0 Å². The molecule has 2 heterocycles. The Bertz CT molecular complexity index is 1260. The fourth-order valence-corrected chi connectivity index (χ4v) is 4.41. The maximum absolute atomic E-state index is 13.1. The summed E-state index contributed by atoms with van der Waals surface area (Å²) in [5.74, 6) is 0.259. The summed E-state index contributed by atoms with van der Waals surface area (Å²) in [7, 11) is 4.52. The number of methoxy groups -OCH3 is 2. The van der Waals surface area contributed by atoms with E-state index >= 15 is 0 Å². The number of rotatable bonds is 7. The molecule has 0 spiro atoms. The van der Waals surface area contributed by atoms with E-state index in [4.69, 9.17) is 9.47 Å². The number of halogens is 3. The number of carbonyl (C=O) groups excluding carboxylic acids is 1. The molecule has 1 aliphatic heterocycles. The normalized spacial score (nSPS) is 16.8. The molecule has 0 radical (unpaired) electrons. The van der Waals surface area contributed by atoms with Crippen LogP contribution in [-0.4, -0.2) is 48.6 Å². The molecule has 4 rings (SSSR count). The average molecular weight is 513 g/mol. The molecule has 0 fully saturated rings. The van der Waals surface area contributed by atoms with Crippen molar-refractivity contribution in [2.45, 2.75) is 24.7 Å². The van der Waals surface area contributed by atoms with Gasteiger partial charge in [-0.25, -0.2) is 9.97 Å². The van der Waals surface area contributed by atoms with Gasteiger partial charge in [-0.3, -0.25) is 9.69 Å². The number of carbonyl (C=O) groups is 1. The number of aromatic nitrogens is 2. The van der Waals surface area contributed by atoms with Crippen LogP contribution in [0.4, 0.5) is 13.2 Å². The van der Waals surface area contributed by atoms with Gasteiger partial charge in [-0.15, -0.1) is 0 Å². The molecule has 2 unspecified atom stereocenters. The molecule has 1 amide bonds. The van der Waals surface area contributed by atoms with E-state index in [1.165, 1.54) is 26.4 Å². The van der Waals surface area contributed by atoms with Crippen molar-refractivity contribution in [2.24, 2.45) is 0 Å². The van der Waals surface area contributed by atoms with E-state index in [-0.39, 0.29) is 17.7 Å². The van der Waals surface area contributed by atoms with Crippen LogP contribution < -0.4 is 14.8 Å². The maximum Gasteiger partial charge on any atom is 0.416 e. The van der Waals surface area contributed by atoms with Crippen LogP contribution in [-0.2, 0) is 17.4 Å². The first-order valence-corrected chi connectivity index (χ1v) is 11.6. The van der Waals surface area contributed by atoms with Crippen LogP contribution in [0.2, 0.25) is 0 Å². The standard InChI is InChI=1S/C27H27F3N4O3/c1-31-24(35)23(18-7-5-4-6-8-18)34-16-15-20-22(33-26(37-3)25(32-20)36-2)21(34)14-11-17-9-12-19(13-10-17)27(28,29)30/h4-14,21,23H,15-16H2,1-3H3,(H,31,35). The average Bonchev–Trinajstić information content (AvgIpc) is 2.91. The first-order valence-electron chi connectivity index (χ1n) is 11.6. The minimum atomic E-state index is -4.41. The van der Waals surface area contributed by atoms with Crippen molar-refractivity contribution in [3.05, 3.63) is 88.8 Å². The van der Waals surface area contributed by atoms with Crippen molar-refractivity contribution in [1.29, 1.82) is 0 Å². The number of ether oxygens (including phenoxy) is 2. The van der Waals surface area contributed by atoms with E-state index in [2.05, 4.69) is 15.3 Å². The summed E-state index contributed by atoms with van der Waals surface area (Å²) in [6, 6.07) is 13.1. The Balaban J connectivity index is 1.80. The molecule has 0 aliphatic carbocycles. The molecule has 194 valence electrons. The summed E-state index contributed by atoms with van der Waals surface area (Å²) in [6.07, 6.45) is -0.367. The number of nitrogens with zero attached hydrogens (tertiary/aromatic N) is 3. The largest absolute Gasteiger partial charge is 0.477 e. The van der Waals surface area contributed by atoms with Crippen LogP contribution in [0.5, 0.6) is 11.8 Å². The molecule has 3 aromatic rings. The first kappa shape index (κ1) is 26.2. The number of amides is 1. The molecule has 1 N–H and O–H groups in total. The molecule has 1 aliphatic rings. The Morgan fingerprint density at radius 1 is 1.05 bits per heavy atom. The molecule has 37 heavy (non-hydrogen) atoms. The van der Waals surface area contributed by atoms with Crippen LogP contribution >= 0.6 is 0 Å². The van der Waals surface area contributed by atoms with Gasteiger partial charge >= 0.3 is 6.18 Å². The Hall–Kier alpha value is -3.92. The predicted molar refractivity (Wildman–Crippen MR) is 132 cm³/mol. The van der Waals surface area contributed by atoms with Crippen molar-refractivity contribution < 1.29 is 27.4 Å². The van der Waals surface area contributed by atoms with Crippen LogP contribution in [0.3, 0.4) is 0 Å². The number of alkyl halides is 3. The third kappa shape index (κ3) is 5.59. The van der Waals surface area contributed by atoms with Gasteiger partial charge in [-0.1, -0.05) is 54.6 Å². The second kappa shape index (κ2) is 11.0. The summed E-state index contributed by atoms with van der Waals surface area (Å²) in [6.45, 7) is 0.478. The highest BCUT2D eigenvalue weighted by Gasteiger charge is 2.38. The molecular weight excluding hydrogens is 485 g/mol. The van der Waals surface area contributed by atoms with Crippen molar-refractivity contribution in [2.75, 3.05) is 27.8 Å². The molecule has 7 nitrogen and oxygen atoms in total. The van der Waals surface area contributed by atoms with Gasteiger partial charge in [0.05, 0.1) is 37.2 Å². The lowest BCUT2D eigenvalue weighted by Crippen LogP contribution is -2.44. The first-order chi connectivity index (χ1) is 17.8. The number of likely N-dealkylation sites (N-methyl/N-ethyl adjacent to an activating group) is 1. The van der Waals surface area contributed by atoms with Crippen LogP contribution in [0.15, 0.2) is 60.7 Å². The van der Waals surface area contributed by atoms with E-state index in [0.29, 0.717) is 29.9 Å². The van der Waals surface area contributed by atoms with E-state index < -0.39 is 23.8 Å². The molecule has 0 saturated heterocycles. The van der Waals surface area contributed by atoms with E-state index in [0.717, 1.165) is 17.7 Å². The molecule has 1 aromatic heterocycles. The summed E-state index contributed by atoms with van der Waals surface area (Å²) in [4.78, 5) is 24.4. The highest BCUT2D eigenvalue weighted by molar-refractivity contribution is 5.83. The third-order valence-electron chi connectivity index (χ3n) is 6.22. The fourth-order valence-electron chi connectivity index (χ4n) is 4.41. The van der Waals surface area contributed by atoms with Crippen LogP contribution in [0.1, 0.15) is 40.2 Å². The molecular formula is C27H27F3N4O3. The van der Waals surface area contributed by atoms with Crippen molar-refractivity contribution in [1.82, 2.24) is 20.2 Å². The van der Waals surface area contributed by atoms with E-state index in [1.807, 2.05) is 41.3 Å². The Kier molecular flexibility index (Phi) is 7.77. The summed E-state index contributed by atoms with van der Waals surface area (Å²) in [5, 5.41) is 2.75. The van der Waals surface area contributed by atoms with Crippen molar-refractivity contribution in [3.63, 3.8) is 0 Å². The molecule has 10 heteroatoms. The lowest BCUT2D eigenvalue weighted by Gasteiger charge is -2.39. The number of nitrogens with one attached hydrogen (secondary N) is 1. The highest BCUT2D eigenvalue weighted by atomic mass is 19.4. The highest BCUT2D eigenvalue weighted by Crippen LogP contribution is 2.39. The van der Waals surface area contributed by atoms with Gasteiger partial charge in [0.25, 0.3) is 11.8 Å². The van der Waals surface area contributed by atoms with Crippen molar-refractivity contribution >= 4 is 12.0 Å². The second-order valence-corrected chi connectivity index (χ2v) is 8.41. The smallest absolute Gasteiger partial charge is 0.416 e. The molecule has 0 bridgehead atoms. The lowest BCUT2D eigenvalue weighted by atomic mass is 9.94. The summed E-state index contributed by atoms with van der Waals surface area (Å²) < 4.78 is 49.7. The number of fused-ring (bicyclic) bond motifs is 1. The number of benzene rings is 2. The Morgan fingerprint density at radius 3 is 2.30 bits per heavy atom. The predicted octanol–water partition coefficient (Wildman–Crippen LogP) is 4.61. The quantitative estimate of drug-likeness (QED) is 0.498. The van der Waals surface area contributed by atoms with Crippen molar-refractivity contribution in [3.8, 4) is 11.8 Å². The van der Waals surface area contributed by atoms with Gasteiger partial charge in [0.1, 0.15) is 6.04 Å². The monoisotopic (exact) mass is 512 g/mol. The zero-order valence-corrected chi connectivity index (χ0v) is 20.6. The van der Waals surface area contributed by atoms with Crippen LogP contribution in [0, 0.1) is 0 Å². The molecule has 2 aromatic carbocycles. The van der Waals surface area contributed by atoms with Crippen LogP contribution in [0.25, 0.3) is 6.08 Å². The van der Waals surface area contributed by atoms with Gasteiger partial charge in [-0.2, -0.15) is 13.2 Å². The minimum absolute atomic E-state index is 0.198. The van der Waals surface area contributed by atoms with Gasteiger partial charge in [0.2, 0.25) is 5.91 Å². The Labute approximate surface area is 212 Å². The second-order valence-electron chi connectivity index (χ2n) is 8.41. The van der Waals surface area contributed by atoms with Gasteiger partial charge in [0, 0.05) is 20.0 Å². The van der Waals surface area contributed by atoms with E-state index in [9.17, 15) is 18.0 Å². The third-order valence-corrected chi connectivity index (χ3v) is 6.22. The van der Waals surface area contributed by atoms with Gasteiger partial charge < -0.3 is 14.8 Å². The summed E-state index contributed by atoms with van der Waals surface area (Å²) >= 11 is 0.